The molecule has 0 saturated carbocycles. The average Bonchev–Trinajstić information content (AvgIpc) is 2.44. The lowest BCUT2D eigenvalue weighted by Gasteiger charge is -2.34. The minimum absolute atomic E-state index is 0.608. The smallest absolute Gasteiger partial charge is 0.0411 e. The number of nitrogens with one attached hydrogen (secondary N) is 1. The first-order valence-corrected chi connectivity index (χ1v) is 8.30. The zero-order chi connectivity index (χ0) is 15.4. The Morgan fingerprint density at radius 1 is 1.24 bits per heavy atom. The fraction of sp³-hybridized carbons (Fsp3) is 0.667. The Hall–Kier alpha value is -1.22. The molecule has 1 heterocycles. The molecule has 1 fully saturated rings. The highest BCUT2D eigenvalue weighted by Crippen LogP contribution is 2.26. The molecule has 0 bridgehead atoms. The van der Waals surface area contributed by atoms with Gasteiger partial charge >= 0.3 is 0 Å². The van der Waals surface area contributed by atoms with Gasteiger partial charge in [-0.05, 0) is 50.8 Å². The maximum absolute atomic E-state index is 3.74. The van der Waals surface area contributed by atoms with Gasteiger partial charge in [0.25, 0.3) is 0 Å². The van der Waals surface area contributed by atoms with Crippen LogP contribution in [0.15, 0.2) is 18.2 Å². The molecule has 21 heavy (non-hydrogen) atoms. The summed E-state index contributed by atoms with van der Waals surface area (Å²) in [6.45, 7) is 9.07. The van der Waals surface area contributed by atoms with Crippen molar-refractivity contribution < 1.29 is 0 Å². The number of nitrogens with zero attached hydrogens (tertiary/aromatic N) is 2. The Balaban J connectivity index is 2.17. The number of benzene rings is 1. The van der Waals surface area contributed by atoms with Gasteiger partial charge in [0.2, 0.25) is 0 Å². The molecule has 1 aromatic rings. The molecular weight excluding hydrogens is 258 g/mol. The lowest BCUT2D eigenvalue weighted by molar-refractivity contribution is 0.378. The second kappa shape index (κ2) is 7.17. The molecule has 0 spiro atoms. The van der Waals surface area contributed by atoms with Crippen molar-refractivity contribution in [2.24, 2.45) is 0 Å². The molecule has 1 aliphatic heterocycles. The van der Waals surface area contributed by atoms with Gasteiger partial charge < -0.3 is 15.1 Å². The number of hydrogen-bond donors (Lipinski definition) is 1. The molecule has 118 valence electrons. The Labute approximate surface area is 130 Å². The van der Waals surface area contributed by atoms with Gasteiger partial charge in [0, 0.05) is 50.6 Å². The Morgan fingerprint density at radius 3 is 2.62 bits per heavy atom. The van der Waals surface area contributed by atoms with E-state index in [-0.39, 0.29) is 0 Å². The molecular formula is C18H31N3. The van der Waals surface area contributed by atoms with Gasteiger partial charge in [0.05, 0.1) is 0 Å². The molecule has 0 aliphatic carbocycles. The fourth-order valence-corrected chi connectivity index (χ4v) is 3.20. The molecule has 2 unspecified atom stereocenters. The van der Waals surface area contributed by atoms with Crippen molar-refractivity contribution in [2.45, 2.75) is 52.1 Å². The maximum atomic E-state index is 3.74. The zero-order valence-corrected chi connectivity index (χ0v) is 14.3. The first-order valence-electron chi connectivity index (χ1n) is 8.30. The molecule has 1 N–H and O–H groups in total. The first-order chi connectivity index (χ1) is 10.0. The SMILES string of the molecule is CCC1CCN(c2ccc(C)c(N(C)C)c2)CCC(C)N1. The molecule has 1 aliphatic rings. The summed E-state index contributed by atoms with van der Waals surface area (Å²) in [7, 11) is 4.25. The van der Waals surface area contributed by atoms with E-state index in [1.807, 2.05) is 0 Å². The molecule has 1 saturated heterocycles. The van der Waals surface area contributed by atoms with Gasteiger partial charge in [-0.15, -0.1) is 0 Å². The van der Waals surface area contributed by atoms with Crippen LogP contribution in [-0.4, -0.2) is 39.3 Å². The minimum atomic E-state index is 0.608. The van der Waals surface area contributed by atoms with E-state index in [9.17, 15) is 0 Å². The molecule has 3 nitrogen and oxygen atoms in total. The highest BCUT2D eigenvalue weighted by molar-refractivity contribution is 5.63. The van der Waals surface area contributed by atoms with Gasteiger partial charge in [-0.2, -0.15) is 0 Å². The predicted octanol–water partition coefficient (Wildman–Crippen LogP) is 3.42. The topological polar surface area (TPSA) is 18.5 Å². The van der Waals surface area contributed by atoms with E-state index in [0.717, 1.165) is 13.1 Å². The lowest BCUT2D eigenvalue weighted by Crippen LogP contribution is -2.44. The zero-order valence-electron chi connectivity index (χ0n) is 14.3. The van der Waals surface area contributed by atoms with Crippen LogP contribution in [0.1, 0.15) is 38.7 Å². The predicted molar refractivity (Wildman–Crippen MR) is 93.6 cm³/mol. The normalized spacial score (nSPS) is 23.6. The van der Waals surface area contributed by atoms with Crippen LogP contribution in [0.3, 0.4) is 0 Å². The van der Waals surface area contributed by atoms with Gasteiger partial charge in [-0.1, -0.05) is 13.0 Å². The molecule has 2 atom stereocenters. The fourth-order valence-electron chi connectivity index (χ4n) is 3.20. The Bertz CT molecular complexity index is 456. The summed E-state index contributed by atoms with van der Waals surface area (Å²) in [4.78, 5) is 4.77. The van der Waals surface area contributed by atoms with Crippen LogP contribution in [0.5, 0.6) is 0 Å². The van der Waals surface area contributed by atoms with E-state index in [4.69, 9.17) is 0 Å². The second-order valence-corrected chi connectivity index (χ2v) is 6.60. The van der Waals surface area contributed by atoms with Gasteiger partial charge in [0.15, 0.2) is 0 Å². The van der Waals surface area contributed by atoms with Crippen molar-refractivity contribution in [2.75, 3.05) is 37.0 Å². The highest BCUT2D eigenvalue weighted by atomic mass is 15.1. The number of aryl methyl sites for hydroxylation is 1. The van der Waals surface area contributed by atoms with Crippen LogP contribution in [0, 0.1) is 6.92 Å². The summed E-state index contributed by atoms with van der Waals surface area (Å²) >= 11 is 0. The summed E-state index contributed by atoms with van der Waals surface area (Å²) in [6, 6.07) is 8.14. The van der Waals surface area contributed by atoms with E-state index in [2.05, 4.69) is 68.2 Å². The molecule has 2 rings (SSSR count). The molecule has 0 radical (unpaired) electrons. The highest BCUT2D eigenvalue weighted by Gasteiger charge is 2.18. The van der Waals surface area contributed by atoms with Crippen LogP contribution < -0.4 is 15.1 Å². The Morgan fingerprint density at radius 2 is 1.95 bits per heavy atom. The maximum Gasteiger partial charge on any atom is 0.0411 e. The third-order valence-corrected chi connectivity index (χ3v) is 4.63. The van der Waals surface area contributed by atoms with Gasteiger partial charge in [-0.3, -0.25) is 0 Å². The van der Waals surface area contributed by atoms with Crippen LogP contribution >= 0.6 is 0 Å². The van der Waals surface area contributed by atoms with Crippen molar-refractivity contribution in [1.29, 1.82) is 0 Å². The van der Waals surface area contributed by atoms with Crippen molar-refractivity contribution in [3.05, 3.63) is 23.8 Å². The average molecular weight is 289 g/mol. The van der Waals surface area contributed by atoms with Crippen molar-refractivity contribution in [3.8, 4) is 0 Å². The summed E-state index contributed by atoms with van der Waals surface area (Å²) in [5.74, 6) is 0. The van der Waals surface area contributed by atoms with E-state index >= 15 is 0 Å². The van der Waals surface area contributed by atoms with Crippen LogP contribution in [-0.2, 0) is 0 Å². The van der Waals surface area contributed by atoms with E-state index in [1.165, 1.54) is 36.2 Å². The van der Waals surface area contributed by atoms with Crippen LogP contribution in [0.4, 0.5) is 11.4 Å². The number of hydrogen-bond acceptors (Lipinski definition) is 3. The largest absolute Gasteiger partial charge is 0.377 e. The minimum Gasteiger partial charge on any atom is -0.377 e. The van der Waals surface area contributed by atoms with E-state index in [1.54, 1.807) is 0 Å². The standard InChI is InChI=1S/C18H31N3/c1-6-16-10-12-21(11-9-15(3)19-16)17-8-7-14(2)18(13-17)20(4)5/h7-8,13,15-16,19H,6,9-12H2,1-5H3. The van der Waals surface area contributed by atoms with Gasteiger partial charge in [-0.25, -0.2) is 0 Å². The van der Waals surface area contributed by atoms with Gasteiger partial charge in [0.1, 0.15) is 0 Å². The summed E-state index contributed by atoms with van der Waals surface area (Å²) in [6.07, 6.45) is 3.66. The molecule has 0 amide bonds. The monoisotopic (exact) mass is 289 g/mol. The number of rotatable bonds is 3. The van der Waals surface area contributed by atoms with E-state index in [0.29, 0.717) is 12.1 Å². The summed E-state index contributed by atoms with van der Waals surface area (Å²) < 4.78 is 0. The van der Waals surface area contributed by atoms with Crippen LogP contribution in [0.2, 0.25) is 0 Å². The third kappa shape index (κ3) is 4.13. The summed E-state index contributed by atoms with van der Waals surface area (Å²) in [5, 5.41) is 3.74. The number of anilines is 2. The first kappa shape index (κ1) is 16.2. The third-order valence-electron chi connectivity index (χ3n) is 4.63. The van der Waals surface area contributed by atoms with Crippen molar-refractivity contribution in [3.63, 3.8) is 0 Å². The van der Waals surface area contributed by atoms with E-state index < -0.39 is 0 Å². The summed E-state index contributed by atoms with van der Waals surface area (Å²) in [5.41, 5.74) is 4.04. The van der Waals surface area contributed by atoms with Crippen LogP contribution in [0.25, 0.3) is 0 Å². The van der Waals surface area contributed by atoms with Crippen molar-refractivity contribution in [1.82, 2.24) is 5.32 Å². The lowest BCUT2D eigenvalue weighted by atomic mass is 10.0. The quantitative estimate of drug-likeness (QED) is 0.920. The molecule has 1 aromatic carbocycles. The molecule has 0 aromatic heterocycles. The molecule has 3 heteroatoms. The second-order valence-electron chi connectivity index (χ2n) is 6.60. The van der Waals surface area contributed by atoms with Crippen molar-refractivity contribution >= 4 is 11.4 Å². The Kier molecular flexibility index (Phi) is 5.51.